The molecule has 0 radical (unpaired) electrons. The van der Waals surface area contributed by atoms with Crippen molar-refractivity contribution in [1.82, 2.24) is 15.3 Å². The fraction of sp³-hybridized carbons (Fsp3) is 0.762. The summed E-state index contributed by atoms with van der Waals surface area (Å²) in [5, 5.41) is 6.69. The number of nitrogens with zero attached hydrogens (tertiary/aromatic N) is 2. The smallest absolute Gasteiger partial charge is 0.223 e. The number of hydrogen-bond acceptors (Lipinski definition) is 4. The summed E-state index contributed by atoms with van der Waals surface area (Å²) in [5.41, 5.74) is 1.69. The lowest BCUT2D eigenvalue weighted by Gasteiger charge is -2.53. The Morgan fingerprint density at radius 3 is 2.46 bits per heavy atom. The summed E-state index contributed by atoms with van der Waals surface area (Å²) in [6.07, 6.45) is 7.17. The van der Waals surface area contributed by atoms with Crippen LogP contribution in [-0.2, 0) is 4.79 Å². The van der Waals surface area contributed by atoms with Gasteiger partial charge in [0.15, 0.2) is 0 Å². The fourth-order valence-corrected chi connectivity index (χ4v) is 4.17. The molecular formula is C21H34N4O. The van der Waals surface area contributed by atoms with Gasteiger partial charge in [0.2, 0.25) is 5.91 Å². The first-order chi connectivity index (χ1) is 12.1. The summed E-state index contributed by atoms with van der Waals surface area (Å²) in [5.74, 6) is 1.31. The molecule has 1 amide bonds. The molecule has 0 saturated heterocycles. The SMILES string of the molecule is Cc1cc(NCC2(CNC(=O)C3CC(C)(C(C)(C)C)C3)CCC2)ncn1. The van der Waals surface area contributed by atoms with Gasteiger partial charge in [0, 0.05) is 36.2 Å². The Morgan fingerprint density at radius 1 is 1.23 bits per heavy atom. The van der Waals surface area contributed by atoms with Crippen molar-refractivity contribution in [3.05, 3.63) is 18.1 Å². The third-order valence-corrected chi connectivity index (χ3v) is 7.08. The van der Waals surface area contributed by atoms with E-state index in [1.54, 1.807) is 6.33 Å². The van der Waals surface area contributed by atoms with Gasteiger partial charge in [-0.05, 0) is 43.4 Å². The Labute approximate surface area is 157 Å². The van der Waals surface area contributed by atoms with Crippen LogP contribution in [0.25, 0.3) is 0 Å². The van der Waals surface area contributed by atoms with Crippen molar-refractivity contribution in [3.8, 4) is 0 Å². The normalized spacial score (nSPS) is 27.2. The molecule has 2 aliphatic carbocycles. The van der Waals surface area contributed by atoms with E-state index in [4.69, 9.17) is 0 Å². The maximum Gasteiger partial charge on any atom is 0.223 e. The van der Waals surface area contributed by atoms with Gasteiger partial charge in [0.05, 0.1) is 0 Å². The number of aromatic nitrogens is 2. The number of rotatable bonds is 6. The van der Waals surface area contributed by atoms with Crippen molar-refractivity contribution >= 4 is 11.7 Å². The van der Waals surface area contributed by atoms with E-state index in [-0.39, 0.29) is 28.1 Å². The van der Waals surface area contributed by atoms with E-state index in [2.05, 4.69) is 48.3 Å². The summed E-state index contributed by atoms with van der Waals surface area (Å²) in [6, 6.07) is 1.96. The predicted molar refractivity (Wildman–Crippen MR) is 105 cm³/mol. The molecule has 5 heteroatoms. The molecule has 2 aliphatic rings. The summed E-state index contributed by atoms with van der Waals surface area (Å²) < 4.78 is 0. The van der Waals surface area contributed by atoms with Crippen LogP contribution in [0, 0.1) is 29.1 Å². The summed E-state index contributed by atoms with van der Waals surface area (Å²) in [6.45, 7) is 12.8. The summed E-state index contributed by atoms with van der Waals surface area (Å²) in [7, 11) is 0. The van der Waals surface area contributed by atoms with Crippen molar-refractivity contribution < 1.29 is 4.79 Å². The zero-order valence-electron chi connectivity index (χ0n) is 17.0. The molecule has 0 spiro atoms. The van der Waals surface area contributed by atoms with Gasteiger partial charge in [-0.3, -0.25) is 4.79 Å². The van der Waals surface area contributed by atoms with Crippen LogP contribution >= 0.6 is 0 Å². The molecule has 144 valence electrons. The van der Waals surface area contributed by atoms with Crippen LogP contribution in [0.1, 0.15) is 65.5 Å². The Kier molecular flexibility index (Phi) is 5.02. The number of hydrogen-bond donors (Lipinski definition) is 2. The number of carbonyl (C=O) groups excluding carboxylic acids is 1. The summed E-state index contributed by atoms with van der Waals surface area (Å²) >= 11 is 0. The predicted octanol–water partition coefficient (Wildman–Crippen LogP) is 3.95. The number of aryl methyl sites for hydroxylation is 1. The third kappa shape index (κ3) is 3.86. The zero-order chi connectivity index (χ0) is 19.0. The van der Waals surface area contributed by atoms with Gasteiger partial charge in [-0.25, -0.2) is 9.97 Å². The van der Waals surface area contributed by atoms with Crippen LogP contribution in [0.3, 0.4) is 0 Å². The van der Waals surface area contributed by atoms with Gasteiger partial charge in [-0.1, -0.05) is 34.1 Å². The van der Waals surface area contributed by atoms with Crippen LogP contribution in [0.5, 0.6) is 0 Å². The summed E-state index contributed by atoms with van der Waals surface area (Å²) in [4.78, 5) is 21.0. The molecule has 0 aliphatic heterocycles. The third-order valence-electron chi connectivity index (χ3n) is 7.08. The number of carbonyl (C=O) groups is 1. The minimum absolute atomic E-state index is 0.172. The highest BCUT2D eigenvalue weighted by atomic mass is 16.1. The van der Waals surface area contributed by atoms with Crippen LogP contribution in [0.15, 0.2) is 12.4 Å². The van der Waals surface area contributed by atoms with E-state index in [0.29, 0.717) is 0 Å². The Morgan fingerprint density at radius 2 is 1.92 bits per heavy atom. The molecule has 0 aromatic carbocycles. The fourth-order valence-electron chi connectivity index (χ4n) is 4.17. The second-order valence-corrected chi connectivity index (χ2v) is 9.89. The topological polar surface area (TPSA) is 66.9 Å². The van der Waals surface area contributed by atoms with Gasteiger partial charge in [-0.2, -0.15) is 0 Å². The average Bonchev–Trinajstić information content (AvgIpc) is 2.49. The first-order valence-electron chi connectivity index (χ1n) is 9.93. The van der Waals surface area contributed by atoms with E-state index >= 15 is 0 Å². The zero-order valence-corrected chi connectivity index (χ0v) is 17.0. The van der Waals surface area contributed by atoms with Gasteiger partial charge in [-0.15, -0.1) is 0 Å². The van der Waals surface area contributed by atoms with Crippen LogP contribution in [0.2, 0.25) is 0 Å². The van der Waals surface area contributed by atoms with E-state index in [1.165, 1.54) is 6.42 Å². The molecule has 1 aromatic heterocycles. The number of nitrogens with one attached hydrogen (secondary N) is 2. The van der Waals surface area contributed by atoms with E-state index in [1.807, 2.05) is 13.0 Å². The first kappa shape index (κ1) is 19.1. The van der Waals surface area contributed by atoms with Crippen molar-refractivity contribution in [2.24, 2.45) is 22.2 Å². The molecule has 2 fully saturated rings. The highest BCUT2D eigenvalue weighted by Crippen LogP contribution is 2.56. The molecule has 5 nitrogen and oxygen atoms in total. The molecule has 3 rings (SSSR count). The Hall–Kier alpha value is -1.65. The minimum atomic E-state index is 0.172. The first-order valence-corrected chi connectivity index (χ1v) is 9.93. The Bertz CT molecular complexity index is 654. The maximum atomic E-state index is 12.6. The van der Waals surface area contributed by atoms with Gasteiger partial charge < -0.3 is 10.6 Å². The highest BCUT2D eigenvalue weighted by Gasteiger charge is 2.50. The molecule has 26 heavy (non-hydrogen) atoms. The van der Waals surface area contributed by atoms with Crippen LogP contribution in [-0.4, -0.2) is 29.0 Å². The number of anilines is 1. The lowest BCUT2D eigenvalue weighted by atomic mass is 9.52. The van der Waals surface area contributed by atoms with E-state index < -0.39 is 0 Å². The Balaban J connectivity index is 1.48. The highest BCUT2D eigenvalue weighted by molar-refractivity contribution is 5.79. The minimum Gasteiger partial charge on any atom is -0.369 e. The molecule has 1 heterocycles. The quantitative estimate of drug-likeness (QED) is 0.808. The van der Waals surface area contributed by atoms with Gasteiger partial charge >= 0.3 is 0 Å². The molecule has 0 unspecified atom stereocenters. The van der Waals surface area contributed by atoms with Crippen molar-refractivity contribution in [2.75, 3.05) is 18.4 Å². The second-order valence-electron chi connectivity index (χ2n) is 9.89. The monoisotopic (exact) mass is 358 g/mol. The molecule has 1 aromatic rings. The maximum absolute atomic E-state index is 12.6. The molecule has 0 atom stereocenters. The second kappa shape index (κ2) is 6.82. The van der Waals surface area contributed by atoms with E-state index in [9.17, 15) is 4.79 Å². The largest absolute Gasteiger partial charge is 0.369 e. The van der Waals surface area contributed by atoms with Crippen LogP contribution < -0.4 is 10.6 Å². The van der Waals surface area contributed by atoms with Crippen molar-refractivity contribution in [3.63, 3.8) is 0 Å². The van der Waals surface area contributed by atoms with Crippen LogP contribution in [0.4, 0.5) is 5.82 Å². The average molecular weight is 359 g/mol. The molecular weight excluding hydrogens is 324 g/mol. The lowest BCUT2D eigenvalue weighted by Crippen LogP contribution is -2.53. The molecule has 2 N–H and O–H groups in total. The van der Waals surface area contributed by atoms with Gasteiger partial charge in [0.25, 0.3) is 0 Å². The van der Waals surface area contributed by atoms with Gasteiger partial charge in [0.1, 0.15) is 12.1 Å². The molecule has 0 bridgehead atoms. The standard InChI is InChI=1S/C21H34N4O/c1-15-9-17(25-14-24-15)22-12-21(7-6-8-21)13-23-18(26)16-10-20(5,11-16)19(2,3)4/h9,14,16H,6-8,10-13H2,1-5H3,(H,23,26)(H,22,24,25). The van der Waals surface area contributed by atoms with Crippen molar-refractivity contribution in [1.29, 1.82) is 0 Å². The lowest BCUT2D eigenvalue weighted by molar-refractivity contribution is -0.137. The van der Waals surface area contributed by atoms with Crippen molar-refractivity contribution in [2.45, 2.75) is 66.7 Å². The van der Waals surface area contributed by atoms with E-state index in [0.717, 1.165) is 50.3 Å². The molecule has 2 saturated carbocycles. The number of amides is 1.